The van der Waals surface area contributed by atoms with E-state index in [0.29, 0.717) is 18.7 Å². The maximum atomic E-state index is 13.8. The molecule has 204 valence electrons. The number of nitrogens with zero attached hydrogens (tertiary/aromatic N) is 1. The fourth-order valence-corrected chi connectivity index (χ4v) is 4.56. The van der Waals surface area contributed by atoms with Gasteiger partial charge >= 0.3 is 5.97 Å². The normalized spacial score (nSPS) is 10.9. The number of ether oxygens (including phenoxy) is 2. The molecule has 3 rings (SSSR count). The van der Waals surface area contributed by atoms with Crippen LogP contribution in [0.4, 0.5) is 27.0 Å². The molecule has 0 aliphatic carbocycles. The first-order chi connectivity index (χ1) is 18.0. The average Bonchev–Trinajstić information content (AvgIpc) is 3.51. The van der Waals surface area contributed by atoms with E-state index in [0.717, 1.165) is 24.5 Å². The molecule has 0 unspecified atom stereocenters. The largest absolute Gasteiger partial charge is 0.479 e. The van der Waals surface area contributed by atoms with E-state index in [1.165, 1.54) is 17.9 Å². The predicted octanol–water partition coefficient (Wildman–Crippen LogP) is 5.44. The number of thiophene rings is 1. The molecule has 0 bridgehead atoms. The van der Waals surface area contributed by atoms with Crippen LogP contribution >= 0.6 is 11.3 Å². The van der Waals surface area contributed by atoms with Crippen LogP contribution in [0.1, 0.15) is 55.8 Å². The van der Waals surface area contributed by atoms with Crippen LogP contribution in [0.25, 0.3) is 0 Å². The maximum absolute atomic E-state index is 13.8. The van der Waals surface area contributed by atoms with Crippen LogP contribution in [-0.2, 0) is 11.3 Å². The summed E-state index contributed by atoms with van der Waals surface area (Å²) >= 11 is 0.866. The van der Waals surface area contributed by atoms with E-state index < -0.39 is 53.3 Å². The zero-order valence-electron chi connectivity index (χ0n) is 20.5. The molecular weight excluding hydrogens is 539 g/mol. The lowest BCUT2D eigenvalue weighted by Gasteiger charge is -2.17. The summed E-state index contributed by atoms with van der Waals surface area (Å²) in [5.41, 5.74) is 0.285. The highest BCUT2D eigenvalue weighted by atomic mass is 32.1. The van der Waals surface area contributed by atoms with Crippen LogP contribution < -0.4 is 10.1 Å². The van der Waals surface area contributed by atoms with Gasteiger partial charge in [-0.25, -0.2) is 18.0 Å². The zero-order chi connectivity index (χ0) is 28.3. The number of rotatable bonds is 9. The molecule has 0 spiro atoms. The highest BCUT2D eigenvalue weighted by molar-refractivity contribution is 7.18. The lowest BCUT2D eigenvalue weighted by atomic mass is 10.1. The minimum atomic E-state index is -2.33. The molecular formula is C24H21F5N2O6S. The van der Waals surface area contributed by atoms with Gasteiger partial charge in [-0.3, -0.25) is 9.59 Å². The Hall–Kier alpha value is -3.94. The van der Waals surface area contributed by atoms with Crippen molar-refractivity contribution in [2.45, 2.75) is 27.4 Å². The average molecular weight is 560 g/mol. The molecule has 0 saturated heterocycles. The van der Waals surface area contributed by atoms with Gasteiger partial charge in [-0.2, -0.15) is 8.78 Å². The first-order valence-electron chi connectivity index (χ1n) is 11.0. The highest BCUT2D eigenvalue weighted by Gasteiger charge is 2.29. The number of hydrogen-bond donors (Lipinski definition) is 1. The van der Waals surface area contributed by atoms with Gasteiger partial charge in [0.05, 0.1) is 17.6 Å². The summed E-state index contributed by atoms with van der Waals surface area (Å²) in [6.45, 7) is 5.18. The van der Waals surface area contributed by atoms with Crippen LogP contribution in [0.3, 0.4) is 0 Å². The molecule has 0 radical (unpaired) electrons. The third kappa shape index (κ3) is 5.35. The van der Waals surface area contributed by atoms with Crippen molar-refractivity contribution in [1.29, 1.82) is 0 Å². The van der Waals surface area contributed by atoms with Crippen molar-refractivity contribution in [3.63, 3.8) is 0 Å². The third-order valence-corrected chi connectivity index (χ3v) is 6.62. The second-order valence-electron chi connectivity index (χ2n) is 7.64. The van der Waals surface area contributed by atoms with Gasteiger partial charge in [-0.15, -0.1) is 11.3 Å². The number of amides is 2. The summed E-state index contributed by atoms with van der Waals surface area (Å²) in [7, 11) is 1.14. The summed E-state index contributed by atoms with van der Waals surface area (Å²) in [5, 5.41) is 2.49. The monoisotopic (exact) mass is 560 g/mol. The Balaban J connectivity index is 1.83. The molecule has 2 aromatic heterocycles. The number of hydrogen-bond acceptors (Lipinski definition) is 7. The summed E-state index contributed by atoms with van der Waals surface area (Å²) in [6.07, 6.45) is 0. The molecule has 2 amide bonds. The summed E-state index contributed by atoms with van der Waals surface area (Å²) in [6, 6.07) is 2.34. The topological polar surface area (TPSA) is 98.1 Å². The van der Waals surface area contributed by atoms with Crippen molar-refractivity contribution in [3.05, 3.63) is 68.7 Å². The molecule has 0 atom stereocenters. The van der Waals surface area contributed by atoms with Gasteiger partial charge in [-0.05, 0) is 38.5 Å². The van der Waals surface area contributed by atoms with Crippen molar-refractivity contribution >= 4 is 34.1 Å². The lowest BCUT2D eigenvalue weighted by molar-refractivity contribution is 0.0601. The second kappa shape index (κ2) is 11.6. The first kappa shape index (κ1) is 28.6. The first-order valence-corrected chi connectivity index (χ1v) is 11.8. The van der Waals surface area contributed by atoms with Crippen molar-refractivity contribution in [2.24, 2.45) is 0 Å². The fraction of sp³-hybridized carbons (Fsp3) is 0.292. The van der Waals surface area contributed by atoms with E-state index >= 15 is 0 Å². The molecule has 0 saturated carbocycles. The SMILES string of the molecule is CCN(CC)C(=O)c1sc(NC(=O)c2ccc(COc3c(F)c(F)c(F)c(F)c3F)o2)c(C(=O)OC)c1C. The standard InChI is InChI=1S/C24H21F5N2O6S/c1-5-31(6-2)23(33)20-10(3)13(24(34)35-4)22(38-20)30-21(32)12-8-7-11(37-12)9-36-19-17(28)15(26)14(25)16(27)18(19)29/h7-8H,5-6,9H2,1-4H3,(H,30,32). The lowest BCUT2D eigenvalue weighted by Crippen LogP contribution is -2.30. The quantitative estimate of drug-likeness (QED) is 0.162. The Morgan fingerprint density at radius 3 is 2.11 bits per heavy atom. The van der Waals surface area contributed by atoms with Crippen LogP contribution in [0, 0.1) is 36.0 Å². The Morgan fingerprint density at radius 2 is 1.55 bits per heavy atom. The molecule has 3 aromatic rings. The fourth-order valence-electron chi connectivity index (χ4n) is 3.40. The van der Waals surface area contributed by atoms with Gasteiger partial charge in [0.2, 0.25) is 29.1 Å². The van der Waals surface area contributed by atoms with Crippen molar-refractivity contribution in [3.8, 4) is 5.75 Å². The van der Waals surface area contributed by atoms with Gasteiger partial charge in [0.1, 0.15) is 17.4 Å². The summed E-state index contributed by atoms with van der Waals surface area (Å²) in [5.74, 6) is -15.0. The molecule has 0 aliphatic heterocycles. The van der Waals surface area contributed by atoms with Crippen LogP contribution in [0.5, 0.6) is 5.75 Å². The summed E-state index contributed by atoms with van der Waals surface area (Å²) in [4.78, 5) is 39.8. The van der Waals surface area contributed by atoms with Gasteiger partial charge < -0.3 is 24.1 Å². The van der Waals surface area contributed by atoms with E-state index in [1.807, 2.05) is 0 Å². The molecule has 8 nitrogen and oxygen atoms in total. The number of methoxy groups -OCH3 is 1. The highest BCUT2D eigenvalue weighted by Crippen LogP contribution is 2.35. The number of benzene rings is 1. The number of carbonyl (C=O) groups is 3. The summed E-state index contributed by atoms with van der Waals surface area (Å²) < 4.78 is 82.2. The Kier molecular flexibility index (Phi) is 8.76. The smallest absolute Gasteiger partial charge is 0.341 e. The maximum Gasteiger partial charge on any atom is 0.341 e. The number of furan rings is 1. The van der Waals surface area contributed by atoms with E-state index in [-0.39, 0.29) is 32.9 Å². The molecule has 2 heterocycles. The van der Waals surface area contributed by atoms with E-state index in [4.69, 9.17) is 13.9 Å². The van der Waals surface area contributed by atoms with Crippen LogP contribution in [0.2, 0.25) is 0 Å². The van der Waals surface area contributed by atoms with Crippen LogP contribution in [-0.4, -0.2) is 42.9 Å². The van der Waals surface area contributed by atoms with Gasteiger partial charge in [0.25, 0.3) is 11.8 Å². The molecule has 38 heavy (non-hydrogen) atoms. The number of carbonyl (C=O) groups excluding carboxylic acids is 3. The number of halogens is 5. The van der Waals surface area contributed by atoms with Crippen molar-refractivity contribution in [2.75, 3.05) is 25.5 Å². The Morgan fingerprint density at radius 1 is 0.974 bits per heavy atom. The number of anilines is 1. The minimum Gasteiger partial charge on any atom is -0.479 e. The second-order valence-corrected chi connectivity index (χ2v) is 8.66. The van der Waals surface area contributed by atoms with E-state index in [9.17, 15) is 36.3 Å². The van der Waals surface area contributed by atoms with E-state index in [1.54, 1.807) is 13.8 Å². The van der Waals surface area contributed by atoms with Gasteiger partial charge in [0, 0.05) is 13.1 Å². The van der Waals surface area contributed by atoms with Gasteiger partial charge in [-0.1, -0.05) is 0 Å². The third-order valence-electron chi connectivity index (χ3n) is 5.42. The number of nitrogens with one attached hydrogen (secondary N) is 1. The molecule has 1 aromatic carbocycles. The zero-order valence-corrected chi connectivity index (χ0v) is 21.3. The molecule has 14 heteroatoms. The van der Waals surface area contributed by atoms with Crippen LogP contribution in [0.15, 0.2) is 16.5 Å². The predicted molar refractivity (Wildman–Crippen MR) is 125 cm³/mol. The molecule has 1 N–H and O–H groups in total. The minimum absolute atomic E-state index is 0.0189. The van der Waals surface area contributed by atoms with Gasteiger partial charge in [0.15, 0.2) is 11.5 Å². The van der Waals surface area contributed by atoms with Crippen molar-refractivity contribution in [1.82, 2.24) is 4.90 Å². The molecule has 0 aliphatic rings. The Bertz CT molecular complexity index is 1370. The molecule has 0 fully saturated rings. The van der Waals surface area contributed by atoms with Crippen molar-refractivity contribution < 1.29 is 50.2 Å². The number of esters is 1. The van der Waals surface area contributed by atoms with E-state index in [2.05, 4.69) is 5.32 Å². The Labute approximate surface area is 216 Å².